The number of carbonyl (C=O) groups is 1. The second-order valence-corrected chi connectivity index (χ2v) is 5.20. The molecule has 0 aliphatic rings. The number of aliphatic hydroxyl groups excluding tert-OH is 1. The largest absolute Gasteiger partial charge is 0.376 e. The van der Waals surface area contributed by atoms with Crippen LogP contribution in [0.25, 0.3) is 0 Å². The van der Waals surface area contributed by atoms with Crippen molar-refractivity contribution in [2.24, 2.45) is 5.73 Å². The molecule has 1 unspecified atom stereocenters. The van der Waals surface area contributed by atoms with Gasteiger partial charge in [0.2, 0.25) is 0 Å². The fourth-order valence-electron chi connectivity index (χ4n) is 1.85. The number of amides is 2. The normalized spacial score (nSPS) is 11.3. The molecule has 0 saturated carbocycles. The second kappa shape index (κ2) is 7.65. The monoisotopic (exact) mass is 330 g/mol. The Bertz CT molecular complexity index is 750. The van der Waals surface area contributed by atoms with Crippen LogP contribution in [-0.2, 0) is 6.54 Å². The van der Waals surface area contributed by atoms with Gasteiger partial charge in [-0.15, -0.1) is 0 Å². The average Bonchev–Trinajstić information content (AvgIpc) is 2.54. The Kier molecular flexibility index (Phi) is 5.61. The minimum atomic E-state index is -0.971. The topological polar surface area (TPSA) is 86.8 Å². The third kappa shape index (κ3) is 4.73. The lowest BCUT2D eigenvalue weighted by atomic mass is 10.1. The zero-order chi connectivity index (χ0) is 16.8. The van der Waals surface area contributed by atoms with Crippen molar-refractivity contribution in [1.29, 1.82) is 0 Å². The van der Waals surface area contributed by atoms with E-state index in [1.165, 1.54) is 0 Å². The highest BCUT2D eigenvalue weighted by Crippen LogP contribution is 2.16. The van der Waals surface area contributed by atoms with E-state index in [4.69, 9.17) is 17.3 Å². The fourth-order valence-corrected chi connectivity index (χ4v) is 2.03. The van der Waals surface area contributed by atoms with Crippen LogP contribution in [0.4, 0.5) is 4.79 Å². The van der Waals surface area contributed by atoms with Gasteiger partial charge < -0.3 is 10.8 Å². The first-order valence-electron chi connectivity index (χ1n) is 6.76. The number of primary amides is 1. The highest BCUT2D eigenvalue weighted by molar-refractivity contribution is 6.31. The van der Waals surface area contributed by atoms with E-state index in [1.54, 1.807) is 42.5 Å². The maximum atomic E-state index is 10.8. The van der Waals surface area contributed by atoms with Crippen LogP contribution in [-0.4, -0.2) is 21.4 Å². The number of benzene rings is 2. The number of halogens is 1. The summed E-state index contributed by atoms with van der Waals surface area (Å²) in [7, 11) is 0. The van der Waals surface area contributed by atoms with Gasteiger partial charge in [-0.1, -0.05) is 59.8 Å². The lowest BCUT2D eigenvalue weighted by molar-refractivity contribution is -0.0470. The standard InChI is InChI=1S/C17H15ClN2O3/c18-15-4-2-1-3-13(15)9-10-16(21)14-7-5-12(6-8-14)11-20(23)17(19)22/h1-8,16,21,23H,11H2,(H2,19,22). The molecule has 6 heteroatoms. The lowest BCUT2D eigenvalue weighted by Crippen LogP contribution is -2.31. The predicted octanol–water partition coefficient (Wildman–Crippen LogP) is 2.70. The Labute approximate surface area is 138 Å². The van der Waals surface area contributed by atoms with E-state index in [1.807, 2.05) is 6.07 Å². The van der Waals surface area contributed by atoms with Crippen molar-refractivity contribution in [3.63, 3.8) is 0 Å². The van der Waals surface area contributed by atoms with Gasteiger partial charge in [-0.25, -0.2) is 9.86 Å². The molecule has 0 radical (unpaired) electrons. The molecule has 0 spiro atoms. The van der Waals surface area contributed by atoms with E-state index >= 15 is 0 Å². The first-order valence-corrected chi connectivity index (χ1v) is 7.14. The smallest absolute Gasteiger partial charge is 0.338 e. The van der Waals surface area contributed by atoms with Gasteiger partial charge in [0.1, 0.15) is 6.10 Å². The number of nitrogens with two attached hydrogens (primary N) is 1. The molecule has 1 atom stereocenters. The van der Waals surface area contributed by atoms with Gasteiger partial charge in [-0.3, -0.25) is 5.21 Å². The molecular formula is C17H15ClN2O3. The molecule has 2 amide bonds. The van der Waals surface area contributed by atoms with Gasteiger partial charge >= 0.3 is 6.03 Å². The van der Waals surface area contributed by atoms with Crippen LogP contribution >= 0.6 is 11.6 Å². The first kappa shape index (κ1) is 16.8. The van der Waals surface area contributed by atoms with Crippen LogP contribution in [0.1, 0.15) is 22.8 Å². The quantitative estimate of drug-likeness (QED) is 0.459. The first-order chi connectivity index (χ1) is 11.0. The van der Waals surface area contributed by atoms with Gasteiger partial charge in [0, 0.05) is 5.56 Å². The molecule has 0 fully saturated rings. The molecular weight excluding hydrogens is 316 g/mol. The Hall–Kier alpha value is -2.52. The number of rotatable bonds is 3. The van der Waals surface area contributed by atoms with E-state index in [0.29, 0.717) is 26.8 Å². The molecule has 2 aromatic rings. The number of hydrogen-bond donors (Lipinski definition) is 3. The second-order valence-electron chi connectivity index (χ2n) is 4.79. The van der Waals surface area contributed by atoms with Crippen LogP contribution in [0.2, 0.25) is 5.02 Å². The third-order valence-electron chi connectivity index (χ3n) is 3.10. The molecule has 2 aromatic carbocycles. The lowest BCUT2D eigenvalue weighted by Gasteiger charge is -2.12. The van der Waals surface area contributed by atoms with E-state index in [9.17, 15) is 15.1 Å². The van der Waals surface area contributed by atoms with Gasteiger partial charge in [0.15, 0.2) is 0 Å². The van der Waals surface area contributed by atoms with Crippen molar-refractivity contribution >= 4 is 17.6 Å². The molecule has 0 aromatic heterocycles. The average molecular weight is 331 g/mol. The number of urea groups is 1. The van der Waals surface area contributed by atoms with E-state index in [2.05, 4.69) is 11.8 Å². The molecule has 0 aliphatic carbocycles. The Balaban J connectivity index is 2.08. The minimum Gasteiger partial charge on any atom is -0.376 e. The molecule has 5 nitrogen and oxygen atoms in total. The number of nitrogens with zero attached hydrogens (tertiary/aromatic N) is 1. The van der Waals surface area contributed by atoms with Crippen molar-refractivity contribution in [3.05, 3.63) is 70.2 Å². The summed E-state index contributed by atoms with van der Waals surface area (Å²) in [4.78, 5) is 10.8. The molecule has 2 rings (SSSR count). The minimum absolute atomic E-state index is 0.0307. The van der Waals surface area contributed by atoms with E-state index < -0.39 is 12.1 Å². The summed E-state index contributed by atoms with van der Waals surface area (Å²) in [5, 5.41) is 20.3. The Morgan fingerprint density at radius 1 is 1.22 bits per heavy atom. The predicted molar refractivity (Wildman–Crippen MR) is 86.6 cm³/mol. The highest BCUT2D eigenvalue weighted by Gasteiger charge is 2.08. The third-order valence-corrected chi connectivity index (χ3v) is 3.43. The highest BCUT2D eigenvalue weighted by atomic mass is 35.5. The number of hydrogen-bond acceptors (Lipinski definition) is 3. The van der Waals surface area contributed by atoms with Gasteiger partial charge in [0.25, 0.3) is 0 Å². The van der Waals surface area contributed by atoms with Crippen LogP contribution in [0.15, 0.2) is 48.5 Å². The maximum Gasteiger partial charge on any atom is 0.338 e. The molecule has 0 bridgehead atoms. The van der Waals surface area contributed by atoms with Gasteiger partial charge in [-0.2, -0.15) is 0 Å². The summed E-state index contributed by atoms with van der Waals surface area (Å²) in [6.45, 7) is -0.0307. The van der Waals surface area contributed by atoms with Crippen molar-refractivity contribution in [3.8, 4) is 11.8 Å². The SMILES string of the molecule is NC(=O)N(O)Cc1ccc(C(O)C#Cc2ccccc2Cl)cc1. The summed E-state index contributed by atoms with van der Waals surface area (Å²) in [5.74, 6) is 5.55. The molecule has 4 N–H and O–H groups in total. The summed E-state index contributed by atoms with van der Waals surface area (Å²) < 4.78 is 0. The Morgan fingerprint density at radius 3 is 2.48 bits per heavy atom. The van der Waals surface area contributed by atoms with Crippen molar-refractivity contribution in [1.82, 2.24) is 5.06 Å². The molecule has 0 aliphatic heterocycles. The summed E-state index contributed by atoms with van der Waals surface area (Å²) >= 11 is 6.00. The molecule has 118 valence electrons. The van der Waals surface area contributed by atoms with Gasteiger partial charge in [-0.05, 0) is 23.3 Å². The Morgan fingerprint density at radius 2 is 1.87 bits per heavy atom. The molecule has 0 heterocycles. The van der Waals surface area contributed by atoms with Crippen LogP contribution in [0.3, 0.4) is 0 Å². The van der Waals surface area contributed by atoms with Crippen LogP contribution in [0, 0.1) is 11.8 Å². The number of aliphatic hydroxyl groups is 1. The fraction of sp³-hybridized carbons (Fsp3) is 0.118. The zero-order valence-electron chi connectivity index (χ0n) is 12.1. The van der Waals surface area contributed by atoms with Gasteiger partial charge in [0.05, 0.1) is 11.6 Å². The zero-order valence-corrected chi connectivity index (χ0v) is 12.9. The molecule has 23 heavy (non-hydrogen) atoms. The van der Waals surface area contributed by atoms with E-state index in [-0.39, 0.29) is 6.54 Å². The number of carbonyl (C=O) groups excluding carboxylic acids is 1. The van der Waals surface area contributed by atoms with Crippen molar-refractivity contribution < 1.29 is 15.1 Å². The summed E-state index contributed by atoms with van der Waals surface area (Å²) in [5.41, 5.74) is 6.84. The van der Waals surface area contributed by atoms with Crippen LogP contribution in [0.5, 0.6) is 0 Å². The molecule has 0 saturated heterocycles. The van der Waals surface area contributed by atoms with Crippen molar-refractivity contribution in [2.75, 3.05) is 0 Å². The van der Waals surface area contributed by atoms with E-state index in [0.717, 1.165) is 0 Å². The van der Waals surface area contributed by atoms with Crippen molar-refractivity contribution in [2.45, 2.75) is 12.6 Å². The number of hydroxylamine groups is 2. The van der Waals surface area contributed by atoms with Crippen LogP contribution < -0.4 is 5.73 Å². The maximum absolute atomic E-state index is 10.8. The summed E-state index contributed by atoms with van der Waals surface area (Å²) in [6, 6.07) is 12.8. The summed E-state index contributed by atoms with van der Waals surface area (Å²) in [6.07, 6.45) is -0.971.